The summed E-state index contributed by atoms with van der Waals surface area (Å²) >= 11 is 6.06. The second-order valence-electron chi connectivity index (χ2n) is 5.28. The normalized spacial score (nSPS) is 16.3. The van der Waals surface area contributed by atoms with E-state index in [0.29, 0.717) is 0 Å². The highest BCUT2D eigenvalue weighted by molar-refractivity contribution is 6.30. The topological polar surface area (TPSA) is 24.5 Å². The Morgan fingerprint density at radius 2 is 2.05 bits per heavy atom. The molecule has 1 N–H and O–H groups in total. The molecular weight excluding hydrogens is 272 g/mol. The molecule has 1 aliphatic heterocycles. The monoisotopic (exact) mass is 296 g/mol. The van der Waals surface area contributed by atoms with E-state index < -0.39 is 0 Å². The van der Waals surface area contributed by atoms with Crippen molar-refractivity contribution in [1.29, 1.82) is 0 Å². The van der Waals surface area contributed by atoms with Crippen LogP contribution in [0.15, 0.2) is 18.2 Å². The van der Waals surface area contributed by atoms with Gasteiger partial charge in [-0.3, -0.25) is 4.90 Å². The second-order valence-corrected chi connectivity index (χ2v) is 5.72. The number of piperidine rings is 1. The summed E-state index contributed by atoms with van der Waals surface area (Å²) in [5, 5.41) is 4.09. The van der Waals surface area contributed by atoms with Gasteiger partial charge < -0.3 is 10.1 Å². The zero-order valence-corrected chi connectivity index (χ0v) is 13.1. The average Bonchev–Trinajstić information content (AvgIpc) is 2.48. The lowest BCUT2D eigenvalue weighted by atomic mass is 10.1. The molecule has 1 aromatic carbocycles. The molecule has 1 saturated heterocycles. The van der Waals surface area contributed by atoms with Crippen LogP contribution in [0.25, 0.3) is 0 Å². The maximum atomic E-state index is 6.06. The summed E-state index contributed by atoms with van der Waals surface area (Å²) in [6, 6.07) is 5.86. The standard InChI is InChI=1S/C16H25ClN2O/c1-2-18-13-14-12-15(17)6-7-16(14)20-11-10-19-8-4-3-5-9-19/h6-7,12,18H,2-5,8-11,13H2,1H3. The van der Waals surface area contributed by atoms with E-state index in [-0.39, 0.29) is 0 Å². The number of nitrogens with one attached hydrogen (secondary N) is 1. The first kappa shape index (κ1) is 15.6. The minimum absolute atomic E-state index is 0.751. The first-order valence-electron chi connectivity index (χ1n) is 7.64. The van der Waals surface area contributed by atoms with Gasteiger partial charge in [0, 0.05) is 23.7 Å². The number of ether oxygens (including phenoxy) is 1. The number of halogens is 1. The summed E-state index contributed by atoms with van der Waals surface area (Å²) < 4.78 is 5.95. The zero-order valence-electron chi connectivity index (χ0n) is 12.3. The Kier molecular flexibility index (Phi) is 6.64. The Hall–Kier alpha value is -0.770. The maximum absolute atomic E-state index is 6.06. The van der Waals surface area contributed by atoms with E-state index in [4.69, 9.17) is 16.3 Å². The van der Waals surface area contributed by atoms with Gasteiger partial charge in [-0.25, -0.2) is 0 Å². The molecule has 0 bridgehead atoms. The highest BCUT2D eigenvalue weighted by Crippen LogP contribution is 2.23. The molecule has 0 radical (unpaired) electrons. The molecule has 0 aliphatic carbocycles. The fraction of sp³-hybridized carbons (Fsp3) is 0.625. The molecule has 0 amide bonds. The molecule has 2 rings (SSSR count). The Labute approximate surface area is 127 Å². The van der Waals surface area contributed by atoms with Gasteiger partial charge in [-0.2, -0.15) is 0 Å². The van der Waals surface area contributed by atoms with Crippen molar-refractivity contribution in [2.45, 2.75) is 32.7 Å². The van der Waals surface area contributed by atoms with Crippen molar-refractivity contribution in [3.63, 3.8) is 0 Å². The lowest BCUT2D eigenvalue weighted by Crippen LogP contribution is -2.33. The fourth-order valence-corrected chi connectivity index (χ4v) is 2.75. The molecule has 20 heavy (non-hydrogen) atoms. The van der Waals surface area contributed by atoms with Crippen LogP contribution in [0.5, 0.6) is 5.75 Å². The molecule has 1 heterocycles. The second kappa shape index (κ2) is 8.50. The maximum Gasteiger partial charge on any atom is 0.123 e. The van der Waals surface area contributed by atoms with Crippen LogP contribution in [0.1, 0.15) is 31.7 Å². The van der Waals surface area contributed by atoms with Crippen LogP contribution < -0.4 is 10.1 Å². The van der Waals surface area contributed by atoms with Crippen molar-refractivity contribution in [2.75, 3.05) is 32.8 Å². The van der Waals surface area contributed by atoms with Crippen LogP contribution in [0, 0.1) is 0 Å². The van der Waals surface area contributed by atoms with Gasteiger partial charge in [0.25, 0.3) is 0 Å². The van der Waals surface area contributed by atoms with Gasteiger partial charge in [0.2, 0.25) is 0 Å². The van der Waals surface area contributed by atoms with Crippen LogP contribution in [0.3, 0.4) is 0 Å². The summed E-state index contributed by atoms with van der Waals surface area (Å²) in [6.45, 7) is 8.05. The van der Waals surface area contributed by atoms with Crippen molar-refractivity contribution >= 4 is 11.6 Å². The van der Waals surface area contributed by atoms with Gasteiger partial charge in [-0.1, -0.05) is 24.9 Å². The average molecular weight is 297 g/mol. The fourth-order valence-electron chi connectivity index (χ4n) is 2.55. The molecule has 112 valence electrons. The largest absolute Gasteiger partial charge is 0.492 e. The number of likely N-dealkylation sites (tertiary alicyclic amines) is 1. The first-order valence-corrected chi connectivity index (χ1v) is 8.01. The van der Waals surface area contributed by atoms with Crippen LogP contribution in [0.4, 0.5) is 0 Å². The van der Waals surface area contributed by atoms with Gasteiger partial charge >= 0.3 is 0 Å². The molecule has 0 unspecified atom stereocenters. The minimum atomic E-state index is 0.751. The number of hydrogen-bond donors (Lipinski definition) is 1. The summed E-state index contributed by atoms with van der Waals surface area (Å²) in [6.07, 6.45) is 4.03. The zero-order chi connectivity index (χ0) is 14.2. The predicted octanol–water partition coefficient (Wildman–Crippen LogP) is 3.31. The lowest BCUT2D eigenvalue weighted by molar-refractivity contribution is 0.182. The molecule has 0 spiro atoms. The Balaban J connectivity index is 1.84. The van der Waals surface area contributed by atoms with Crippen LogP contribution in [-0.4, -0.2) is 37.7 Å². The van der Waals surface area contributed by atoms with Crippen molar-refractivity contribution in [2.24, 2.45) is 0 Å². The van der Waals surface area contributed by atoms with Gasteiger partial charge in [0.05, 0.1) is 0 Å². The number of rotatable bonds is 7. The lowest BCUT2D eigenvalue weighted by Gasteiger charge is -2.26. The molecular formula is C16H25ClN2O. The van der Waals surface area contributed by atoms with E-state index in [1.54, 1.807) is 0 Å². The summed E-state index contributed by atoms with van der Waals surface area (Å²) in [7, 11) is 0. The third kappa shape index (κ3) is 4.97. The van der Waals surface area contributed by atoms with Crippen molar-refractivity contribution < 1.29 is 4.74 Å². The highest BCUT2D eigenvalue weighted by Gasteiger charge is 2.10. The van der Waals surface area contributed by atoms with Crippen molar-refractivity contribution in [3.05, 3.63) is 28.8 Å². The summed E-state index contributed by atoms with van der Waals surface area (Å²) in [5.74, 6) is 0.951. The van der Waals surface area contributed by atoms with Gasteiger partial charge in [0.15, 0.2) is 0 Å². The van der Waals surface area contributed by atoms with E-state index in [1.807, 2.05) is 18.2 Å². The molecule has 0 saturated carbocycles. The van der Waals surface area contributed by atoms with E-state index in [0.717, 1.165) is 42.6 Å². The van der Waals surface area contributed by atoms with E-state index in [9.17, 15) is 0 Å². The SMILES string of the molecule is CCNCc1cc(Cl)ccc1OCCN1CCCCC1. The van der Waals surface area contributed by atoms with Gasteiger partial charge in [0.1, 0.15) is 12.4 Å². The Morgan fingerprint density at radius 1 is 1.25 bits per heavy atom. The third-order valence-corrected chi connectivity index (χ3v) is 3.94. The van der Waals surface area contributed by atoms with Gasteiger partial charge in [-0.05, 0) is 50.7 Å². The van der Waals surface area contributed by atoms with E-state index >= 15 is 0 Å². The first-order chi connectivity index (χ1) is 9.79. The number of hydrogen-bond acceptors (Lipinski definition) is 3. The molecule has 4 heteroatoms. The molecule has 1 fully saturated rings. The van der Waals surface area contributed by atoms with Crippen LogP contribution >= 0.6 is 11.6 Å². The summed E-state index contributed by atoms with van der Waals surface area (Å²) in [5.41, 5.74) is 1.14. The quantitative estimate of drug-likeness (QED) is 0.835. The number of benzene rings is 1. The Morgan fingerprint density at radius 3 is 2.80 bits per heavy atom. The van der Waals surface area contributed by atoms with Crippen LogP contribution in [-0.2, 0) is 6.54 Å². The molecule has 3 nitrogen and oxygen atoms in total. The predicted molar refractivity (Wildman–Crippen MR) is 84.6 cm³/mol. The Bertz CT molecular complexity index is 405. The van der Waals surface area contributed by atoms with Crippen LogP contribution in [0.2, 0.25) is 5.02 Å². The summed E-state index contributed by atoms with van der Waals surface area (Å²) in [4.78, 5) is 2.49. The molecule has 0 aromatic heterocycles. The minimum Gasteiger partial charge on any atom is -0.492 e. The number of nitrogens with zero attached hydrogens (tertiary/aromatic N) is 1. The van der Waals surface area contributed by atoms with E-state index in [1.165, 1.54) is 32.4 Å². The smallest absolute Gasteiger partial charge is 0.123 e. The molecule has 0 atom stereocenters. The highest BCUT2D eigenvalue weighted by atomic mass is 35.5. The van der Waals surface area contributed by atoms with Gasteiger partial charge in [-0.15, -0.1) is 0 Å². The molecule has 1 aliphatic rings. The van der Waals surface area contributed by atoms with E-state index in [2.05, 4.69) is 17.1 Å². The van der Waals surface area contributed by atoms with Crippen molar-refractivity contribution in [3.8, 4) is 5.75 Å². The van der Waals surface area contributed by atoms with Crippen molar-refractivity contribution in [1.82, 2.24) is 10.2 Å². The third-order valence-electron chi connectivity index (χ3n) is 3.70. The molecule has 1 aromatic rings.